The number of nitrogens with two attached hydrogens (primary N) is 1. The molecule has 9 heteroatoms. The summed E-state index contributed by atoms with van der Waals surface area (Å²) in [4.78, 5) is 15.7. The van der Waals surface area contributed by atoms with E-state index in [1.54, 1.807) is 0 Å². The first-order valence-electron chi connectivity index (χ1n) is 7.94. The lowest BCUT2D eigenvalue weighted by Crippen LogP contribution is -2.53. The first-order valence-corrected chi connectivity index (χ1v) is 7.94. The van der Waals surface area contributed by atoms with Crippen LogP contribution in [-0.2, 0) is 6.18 Å². The normalized spacial score (nSPS) is 28.3. The number of halogens is 5. The van der Waals surface area contributed by atoms with Gasteiger partial charge in [-0.05, 0) is 49.7 Å². The van der Waals surface area contributed by atoms with Crippen LogP contribution < -0.4 is 11.1 Å². The number of alkyl halides is 3. The Morgan fingerprint density at radius 1 is 1.16 bits per heavy atom. The first-order chi connectivity index (χ1) is 10.8. The maximum absolute atomic E-state index is 12.5. The number of nitrogens with one attached hydrogen (secondary N) is 1. The van der Waals surface area contributed by atoms with Crippen LogP contribution in [0.5, 0.6) is 0 Å². The minimum absolute atomic E-state index is 0. The van der Waals surface area contributed by atoms with Crippen LogP contribution in [0.25, 0.3) is 0 Å². The van der Waals surface area contributed by atoms with Gasteiger partial charge in [-0.1, -0.05) is 6.42 Å². The second kappa shape index (κ2) is 8.56. The molecule has 2 bridgehead atoms. The van der Waals surface area contributed by atoms with Crippen molar-refractivity contribution < 1.29 is 18.0 Å². The molecule has 142 valence electrons. The van der Waals surface area contributed by atoms with Gasteiger partial charge in [0.2, 0.25) is 0 Å². The minimum Gasteiger partial charge on any atom is -0.349 e. The van der Waals surface area contributed by atoms with Crippen LogP contribution in [0.3, 0.4) is 0 Å². The second-order valence-corrected chi connectivity index (χ2v) is 6.61. The van der Waals surface area contributed by atoms with Crippen LogP contribution in [0.2, 0.25) is 0 Å². The molecule has 0 saturated heterocycles. The zero-order chi connectivity index (χ0) is 16.6. The summed E-state index contributed by atoms with van der Waals surface area (Å²) in [5, 5.41) is 3.00. The molecule has 0 aliphatic heterocycles. The molecule has 2 aliphatic rings. The molecule has 0 radical (unpaired) electrons. The van der Waals surface area contributed by atoms with Crippen molar-refractivity contribution in [1.29, 1.82) is 0 Å². The highest BCUT2D eigenvalue weighted by Gasteiger charge is 2.40. The molecule has 3 N–H and O–H groups in total. The highest BCUT2D eigenvalue weighted by molar-refractivity contribution is 5.94. The number of carbonyl (C=O) groups is 1. The fourth-order valence-electron chi connectivity index (χ4n) is 3.96. The molecule has 3 rings (SSSR count). The van der Waals surface area contributed by atoms with Crippen molar-refractivity contribution in [2.45, 2.75) is 50.4 Å². The third-order valence-electron chi connectivity index (χ3n) is 4.99. The van der Waals surface area contributed by atoms with E-state index < -0.39 is 11.9 Å². The number of pyridine rings is 1. The monoisotopic (exact) mass is 399 g/mol. The molecule has 1 aromatic rings. The lowest BCUT2D eigenvalue weighted by molar-refractivity contribution is -0.141. The summed E-state index contributed by atoms with van der Waals surface area (Å²) in [6, 6.07) is 2.27. The minimum atomic E-state index is -4.49. The number of aromatic nitrogens is 1. The van der Waals surface area contributed by atoms with Gasteiger partial charge in [-0.3, -0.25) is 9.78 Å². The largest absolute Gasteiger partial charge is 0.433 e. The SMILES string of the molecule is Cl.Cl.NC1CC2CCCC(C1)C2NC(=O)c1ccc(C(F)(F)F)nc1. The van der Waals surface area contributed by atoms with Crippen molar-refractivity contribution in [3.05, 3.63) is 29.6 Å². The lowest BCUT2D eigenvalue weighted by atomic mass is 9.67. The number of fused-ring (bicyclic) bond motifs is 2. The lowest BCUT2D eigenvalue weighted by Gasteiger charge is -2.45. The van der Waals surface area contributed by atoms with Crippen molar-refractivity contribution in [2.75, 3.05) is 0 Å². The Morgan fingerprint density at radius 3 is 2.24 bits per heavy atom. The number of hydrogen-bond acceptors (Lipinski definition) is 3. The third kappa shape index (κ3) is 4.99. The van der Waals surface area contributed by atoms with E-state index in [2.05, 4.69) is 10.3 Å². The van der Waals surface area contributed by atoms with Crippen molar-refractivity contribution in [2.24, 2.45) is 17.6 Å². The molecule has 1 aromatic heterocycles. The molecular weight excluding hydrogens is 378 g/mol. The molecule has 0 aromatic carbocycles. The molecule has 2 atom stereocenters. The van der Waals surface area contributed by atoms with E-state index >= 15 is 0 Å². The van der Waals surface area contributed by atoms with E-state index in [0.717, 1.165) is 44.4 Å². The molecular formula is C16H22Cl2F3N3O. The fourth-order valence-corrected chi connectivity index (χ4v) is 3.96. The molecule has 2 fully saturated rings. The zero-order valence-corrected chi connectivity index (χ0v) is 15.1. The first kappa shape index (κ1) is 22.0. The predicted octanol–water partition coefficient (Wildman–Crippen LogP) is 3.58. The third-order valence-corrected chi connectivity index (χ3v) is 4.99. The quantitative estimate of drug-likeness (QED) is 0.798. The van der Waals surface area contributed by atoms with Gasteiger partial charge >= 0.3 is 6.18 Å². The van der Waals surface area contributed by atoms with Crippen LogP contribution in [0.4, 0.5) is 13.2 Å². The van der Waals surface area contributed by atoms with Gasteiger partial charge in [0.1, 0.15) is 5.69 Å². The van der Waals surface area contributed by atoms with Gasteiger partial charge in [0.05, 0.1) is 5.56 Å². The van der Waals surface area contributed by atoms with Gasteiger partial charge in [0.15, 0.2) is 0 Å². The fraction of sp³-hybridized carbons (Fsp3) is 0.625. The van der Waals surface area contributed by atoms with E-state index in [9.17, 15) is 18.0 Å². The number of amides is 1. The molecule has 4 nitrogen and oxygen atoms in total. The van der Waals surface area contributed by atoms with E-state index in [1.165, 1.54) is 6.07 Å². The van der Waals surface area contributed by atoms with Crippen LogP contribution in [-0.4, -0.2) is 23.0 Å². The number of rotatable bonds is 2. The smallest absolute Gasteiger partial charge is 0.349 e. The summed E-state index contributed by atoms with van der Waals surface area (Å²) in [7, 11) is 0. The van der Waals surface area contributed by atoms with Crippen molar-refractivity contribution in [1.82, 2.24) is 10.3 Å². The number of hydrogen-bond donors (Lipinski definition) is 2. The second-order valence-electron chi connectivity index (χ2n) is 6.61. The summed E-state index contributed by atoms with van der Waals surface area (Å²) >= 11 is 0. The maximum atomic E-state index is 12.5. The van der Waals surface area contributed by atoms with Crippen molar-refractivity contribution >= 4 is 30.7 Å². The average molecular weight is 400 g/mol. The summed E-state index contributed by atoms with van der Waals surface area (Å²) in [6.07, 6.45) is 1.52. The van der Waals surface area contributed by atoms with Crippen LogP contribution in [0.15, 0.2) is 18.3 Å². The molecule has 2 saturated carbocycles. The Morgan fingerprint density at radius 2 is 1.76 bits per heavy atom. The van der Waals surface area contributed by atoms with Crippen LogP contribution in [0, 0.1) is 11.8 Å². The van der Waals surface area contributed by atoms with E-state index in [4.69, 9.17) is 5.73 Å². The standard InChI is InChI=1S/C16H20F3N3O.2ClH/c17-16(18,19)13-5-4-11(8-21-13)15(23)22-14-9-2-1-3-10(14)7-12(20)6-9;;/h4-5,8-10,12,14H,1-3,6-7,20H2,(H,22,23);2*1H. The van der Waals surface area contributed by atoms with Crippen LogP contribution >= 0.6 is 24.8 Å². The van der Waals surface area contributed by atoms with E-state index in [1.807, 2.05) is 0 Å². The molecule has 25 heavy (non-hydrogen) atoms. The highest BCUT2D eigenvalue weighted by Crippen LogP contribution is 2.39. The zero-order valence-electron chi connectivity index (χ0n) is 13.5. The van der Waals surface area contributed by atoms with Gasteiger partial charge in [0, 0.05) is 18.3 Å². The summed E-state index contributed by atoms with van der Waals surface area (Å²) in [5.41, 5.74) is 5.22. The van der Waals surface area contributed by atoms with Gasteiger partial charge in [-0.15, -0.1) is 24.8 Å². The summed E-state index contributed by atoms with van der Waals surface area (Å²) in [6.45, 7) is 0. The maximum Gasteiger partial charge on any atom is 0.433 e. The molecule has 2 aliphatic carbocycles. The van der Waals surface area contributed by atoms with Gasteiger partial charge in [0.25, 0.3) is 5.91 Å². The van der Waals surface area contributed by atoms with Gasteiger partial charge < -0.3 is 11.1 Å². The Hall–Kier alpha value is -1.05. The Bertz CT molecular complexity index is 569. The number of nitrogens with zero attached hydrogens (tertiary/aromatic N) is 1. The number of carbonyl (C=O) groups excluding carboxylic acids is 1. The van der Waals surface area contributed by atoms with Crippen molar-refractivity contribution in [3.8, 4) is 0 Å². The molecule has 1 amide bonds. The van der Waals surface area contributed by atoms with Crippen molar-refractivity contribution in [3.63, 3.8) is 0 Å². The Kier molecular flexibility index (Phi) is 7.53. The molecule has 1 heterocycles. The van der Waals surface area contributed by atoms with E-state index in [-0.39, 0.29) is 48.4 Å². The van der Waals surface area contributed by atoms with Crippen LogP contribution in [0.1, 0.15) is 48.2 Å². The predicted molar refractivity (Wildman–Crippen MR) is 93.0 cm³/mol. The van der Waals surface area contributed by atoms with Gasteiger partial charge in [-0.25, -0.2) is 0 Å². The van der Waals surface area contributed by atoms with E-state index in [0.29, 0.717) is 11.8 Å². The summed E-state index contributed by atoms with van der Waals surface area (Å²) < 4.78 is 37.5. The Labute approximate surface area is 157 Å². The highest BCUT2D eigenvalue weighted by atomic mass is 35.5. The molecule has 2 unspecified atom stereocenters. The summed E-state index contributed by atoms with van der Waals surface area (Å²) in [5.74, 6) is 0.372. The topological polar surface area (TPSA) is 68.0 Å². The average Bonchev–Trinajstić information content (AvgIpc) is 2.47. The van der Waals surface area contributed by atoms with Gasteiger partial charge in [-0.2, -0.15) is 13.2 Å². The Balaban J connectivity index is 0.00000156. The molecule has 0 spiro atoms.